The lowest BCUT2D eigenvalue weighted by Crippen LogP contribution is -2.28. The van der Waals surface area contributed by atoms with E-state index in [2.05, 4.69) is 31.2 Å². The van der Waals surface area contributed by atoms with E-state index < -0.39 is 0 Å². The van der Waals surface area contributed by atoms with Crippen LogP contribution in [0, 0.1) is 6.92 Å². The van der Waals surface area contributed by atoms with Crippen LogP contribution in [0.5, 0.6) is 0 Å². The topological polar surface area (TPSA) is 44.1 Å². The van der Waals surface area contributed by atoms with Gasteiger partial charge >= 0.3 is 0 Å². The average molecular weight is 401 g/mol. The maximum absolute atomic E-state index is 13.1. The SMILES string of the molecule is Cc1cccc(CSc2nc3cc(Cl)ccc3c(=O)n2C[C@@H]2CCCO2)c1. The summed E-state index contributed by atoms with van der Waals surface area (Å²) >= 11 is 7.70. The van der Waals surface area contributed by atoms with Gasteiger partial charge in [-0.25, -0.2) is 4.98 Å². The lowest BCUT2D eigenvalue weighted by molar-refractivity contribution is 0.0937. The molecule has 1 saturated heterocycles. The summed E-state index contributed by atoms with van der Waals surface area (Å²) in [6, 6.07) is 13.6. The van der Waals surface area contributed by atoms with E-state index in [1.54, 1.807) is 34.5 Å². The van der Waals surface area contributed by atoms with E-state index in [4.69, 9.17) is 21.3 Å². The van der Waals surface area contributed by atoms with E-state index >= 15 is 0 Å². The first kappa shape index (κ1) is 18.5. The monoisotopic (exact) mass is 400 g/mol. The van der Waals surface area contributed by atoms with Gasteiger partial charge in [0.2, 0.25) is 0 Å². The minimum absolute atomic E-state index is 0.0288. The number of thioether (sulfide) groups is 1. The molecule has 2 heterocycles. The Kier molecular flexibility index (Phi) is 5.53. The third kappa shape index (κ3) is 4.21. The van der Waals surface area contributed by atoms with E-state index in [1.165, 1.54) is 11.1 Å². The van der Waals surface area contributed by atoms with Gasteiger partial charge in [0.25, 0.3) is 5.56 Å². The number of hydrogen-bond donors (Lipinski definition) is 0. The minimum Gasteiger partial charge on any atom is -0.376 e. The van der Waals surface area contributed by atoms with Crippen LogP contribution in [0.3, 0.4) is 0 Å². The molecule has 0 saturated carbocycles. The summed E-state index contributed by atoms with van der Waals surface area (Å²) in [5.41, 5.74) is 3.05. The molecule has 1 aliphatic heterocycles. The van der Waals surface area contributed by atoms with Crippen LogP contribution in [0.15, 0.2) is 52.4 Å². The van der Waals surface area contributed by atoms with Crippen molar-refractivity contribution in [3.05, 3.63) is 69.0 Å². The molecule has 3 aromatic rings. The third-order valence-corrected chi connectivity index (χ3v) is 6.03. The predicted octanol–water partition coefficient (Wildman–Crippen LogP) is 4.83. The fourth-order valence-corrected chi connectivity index (χ4v) is 4.50. The van der Waals surface area contributed by atoms with Crippen molar-refractivity contribution < 1.29 is 4.74 Å². The number of benzene rings is 2. The lowest BCUT2D eigenvalue weighted by Gasteiger charge is -2.16. The number of halogens is 1. The van der Waals surface area contributed by atoms with Crippen molar-refractivity contribution in [1.82, 2.24) is 9.55 Å². The van der Waals surface area contributed by atoms with Gasteiger partial charge in [0, 0.05) is 17.4 Å². The highest BCUT2D eigenvalue weighted by molar-refractivity contribution is 7.98. The Morgan fingerprint density at radius 2 is 2.19 bits per heavy atom. The highest BCUT2D eigenvalue weighted by Crippen LogP contribution is 2.25. The summed E-state index contributed by atoms with van der Waals surface area (Å²) in [6.07, 6.45) is 2.10. The number of hydrogen-bond acceptors (Lipinski definition) is 4. The summed E-state index contributed by atoms with van der Waals surface area (Å²) in [6.45, 7) is 3.39. The Bertz CT molecular complexity index is 1030. The molecule has 2 aromatic carbocycles. The Labute approximate surface area is 167 Å². The van der Waals surface area contributed by atoms with Crippen molar-refractivity contribution in [2.75, 3.05) is 6.61 Å². The lowest BCUT2D eigenvalue weighted by atomic mass is 10.2. The van der Waals surface area contributed by atoms with E-state index in [1.807, 2.05) is 0 Å². The summed E-state index contributed by atoms with van der Waals surface area (Å²) < 4.78 is 7.53. The Hall–Kier alpha value is -1.82. The Morgan fingerprint density at radius 1 is 1.30 bits per heavy atom. The summed E-state index contributed by atoms with van der Waals surface area (Å²) in [7, 11) is 0. The van der Waals surface area contributed by atoms with Crippen LogP contribution in [0.4, 0.5) is 0 Å². The zero-order chi connectivity index (χ0) is 18.8. The molecule has 1 atom stereocenters. The molecule has 1 aliphatic rings. The van der Waals surface area contributed by atoms with Gasteiger partial charge in [0.15, 0.2) is 5.16 Å². The van der Waals surface area contributed by atoms with Crippen LogP contribution in [-0.2, 0) is 17.0 Å². The van der Waals surface area contributed by atoms with Gasteiger partial charge < -0.3 is 4.74 Å². The Morgan fingerprint density at radius 3 is 2.96 bits per heavy atom. The van der Waals surface area contributed by atoms with Gasteiger partial charge in [-0.1, -0.05) is 53.2 Å². The number of nitrogens with zero attached hydrogens (tertiary/aromatic N) is 2. The molecule has 0 unspecified atom stereocenters. The molecule has 0 amide bonds. The van der Waals surface area contributed by atoms with Crippen LogP contribution >= 0.6 is 23.4 Å². The van der Waals surface area contributed by atoms with E-state index in [0.717, 1.165) is 25.2 Å². The smallest absolute Gasteiger partial charge is 0.262 e. The van der Waals surface area contributed by atoms with Crippen molar-refractivity contribution >= 4 is 34.3 Å². The normalized spacial score (nSPS) is 16.9. The molecule has 1 fully saturated rings. The van der Waals surface area contributed by atoms with Crippen LogP contribution in [0.1, 0.15) is 24.0 Å². The van der Waals surface area contributed by atoms with Gasteiger partial charge in [-0.2, -0.15) is 0 Å². The number of aromatic nitrogens is 2. The van der Waals surface area contributed by atoms with Crippen molar-refractivity contribution in [3.63, 3.8) is 0 Å². The zero-order valence-electron chi connectivity index (χ0n) is 15.2. The highest BCUT2D eigenvalue weighted by atomic mass is 35.5. The van der Waals surface area contributed by atoms with E-state index in [-0.39, 0.29) is 11.7 Å². The zero-order valence-corrected chi connectivity index (χ0v) is 16.7. The second kappa shape index (κ2) is 8.05. The molecule has 6 heteroatoms. The largest absolute Gasteiger partial charge is 0.376 e. The molecule has 0 N–H and O–H groups in total. The van der Waals surface area contributed by atoms with Crippen molar-refractivity contribution in [3.8, 4) is 0 Å². The quantitative estimate of drug-likeness (QED) is 0.454. The number of rotatable bonds is 5. The van der Waals surface area contributed by atoms with Crippen LogP contribution in [0.25, 0.3) is 10.9 Å². The van der Waals surface area contributed by atoms with Crippen LogP contribution < -0.4 is 5.56 Å². The fourth-order valence-electron chi connectivity index (χ4n) is 3.39. The average Bonchev–Trinajstić information content (AvgIpc) is 3.16. The highest BCUT2D eigenvalue weighted by Gasteiger charge is 2.20. The number of ether oxygens (including phenoxy) is 1. The number of fused-ring (bicyclic) bond motifs is 1. The van der Waals surface area contributed by atoms with Crippen LogP contribution in [0.2, 0.25) is 5.02 Å². The summed E-state index contributed by atoms with van der Waals surface area (Å²) in [5.74, 6) is 0.756. The summed E-state index contributed by atoms with van der Waals surface area (Å²) in [4.78, 5) is 17.9. The molecule has 0 aliphatic carbocycles. The predicted molar refractivity (Wildman–Crippen MR) is 111 cm³/mol. The molecule has 0 bridgehead atoms. The first-order chi connectivity index (χ1) is 13.1. The molecule has 27 heavy (non-hydrogen) atoms. The fraction of sp³-hybridized carbons (Fsp3) is 0.333. The van der Waals surface area contributed by atoms with E-state index in [0.29, 0.717) is 27.6 Å². The maximum atomic E-state index is 13.1. The molecule has 0 spiro atoms. The second-order valence-corrected chi connectivity index (χ2v) is 8.26. The van der Waals surface area contributed by atoms with Crippen molar-refractivity contribution in [2.45, 2.75) is 43.3 Å². The molecular formula is C21H21ClN2O2S. The van der Waals surface area contributed by atoms with Gasteiger partial charge in [-0.15, -0.1) is 0 Å². The van der Waals surface area contributed by atoms with E-state index in [9.17, 15) is 4.79 Å². The molecule has 4 nitrogen and oxygen atoms in total. The van der Waals surface area contributed by atoms with Gasteiger partial charge in [0.1, 0.15) is 0 Å². The van der Waals surface area contributed by atoms with Crippen LogP contribution in [-0.4, -0.2) is 22.3 Å². The minimum atomic E-state index is -0.0288. The first-order valence-electron chi connectivity index (χ1n) is 9.10. The first-order valence-corrected chi connectivity index (χ1v) is 10.5. The maximum Gasteiger partial charge on any atom is 0.262 e. The molecule has 140 valence electrons. The van der Waals surface area contributed by atoms with Gasteiger partial charge in [0.05, 0.1) is 23.6 Å². The standard InChI is InChI=1S/C21H21ClN2O2S/c1-14-4-2-5-15(10-14)13-27-21-23-19-11-16(22)7-8-18(19)20(25)24(21)12-17-6-3-9-26-17/h2,4-5,7-8,10-11,17H,3,6,9,12-13H2,1H3/t17-/m0/s1. The Balaban J connectivity index is 1.72. The van der Waals surface area contributed by atoms with Gasteiger partial charge in [-0.05, 0) is 43.5 Å². The molecule has 1 aromatic heterocycles. The molecule has 0 radical (unpaired) electrons. The van der Waals surface area contributed by atoms with Crippen molar-refractivity contribution in [1.29, 1.82) is 0 Å². The molecule has 4 rings (SSSR count). The van der Waals surface area contributed by atoms with Gasteiger partial charge in [-0.3, -0.25) is 9.36 Å². The third-order valence-electron chi connectivity index (χ3n) is 4.74. The summed E-state index contributed by atoms with van der Waals surface area (Å²) in [5, 5.41) is 1.89. The number of aryl methyl sites for hydroxylation is 1. The molecular weight excluding hydrogens is 380 g/mol. The van der Waals surface area contributed by atoms with Crippen molar-refractivity contribution in [2.24, 2.45) is 0 Å². The second-order valence-electron chi connectivity index (χ2n) is 6.88.